The molecule has 0 atom stereocenters. The highest BCUT2D eigenvalue weighted by molar-refractivity contribution is 5.12. The molecule has 98 valence electrons. The van der Waals surface area contributed by atoms with Crippen molar-refractivity contribution >= 4 is 0 Å². The van der Waals surface area contributed by atoms with Gasteiger partial charge in [-0.1, -0.05) is 20.8 Å². The third-order valence-electron chi connectivity index (χ3n) is 3.26. The zero-order chi connectivity index (χ0) is 12.7. The van der Waals surface area contributed by atoms with E-state index in [9.17, 15) is 0 Å². The summed E-state index contributed by atoms with van der Waals surface area (Å²) in [6, 6.07) is 2.80. The lowest BCUT2D eigenvalue weighted by Gasteiger charge is -2.24. The maximum Gasteiger partial charge on any atom is 0.118 e. The number of furan rings is 1. The maximum atomic E-state index is 5.59. The van der Waals surface area contributed by atoms with Crippen molar-refractivity contribution in [2.75, 3.05) is 13.6 Å². The molecular formula is C14H26N2O. The Hall–Kier alpha value is -0.800. The van der Waals surface area contributed by atoms with Gasteiger partial charge in [0.25, 0.3) is 0 Å². The second-order valence-corrected chi connectivity index (χ2v) is 4.59. The fraction of sp³-hybridized carbons (Fsp3) is 0.714. The van der Waals surface area contributed by atoms with Crippen LogP contribution in [0.1, 0.15) is 44.9 Å². The summed E-state index contributed by atoms with van der Waals surface area (Å²) in [5, 5.41) is 3.30. The Morgan fingerprint density at radius 3 is 2.59 bits per heavy atom. The van der Waals surface area contributed by atoms with Gasteiger partial charge in [-0.05, 0) is 32.5 Å². The summed E-state index contributed by atoms with van der Waals surface area (Å²) in [5.41, 5.74) is 1.24. The van der Waals surface area contributed by atoms with Gasteiger partial charge in [-0.3, -0.25) is 4.90 Å². The molecule has 1 rings (SSSR count). The van der Waals surface area contributed by atoms with Gasteiger partial charge < -0.3 is 9.73 Å². The largest absolute Gasteiger partial charge is 0.468 e. The van der Waals surface area contributed by atoms with Crippen LogP contribution in [-0.2, 0) is 13.1 Å². The van der Waals surface area contributed by atoms with Crippen molar-refractivity contribution < 1.29 is 4.42 Å². The number of hydrogen-bond donors (Lipinski definition) is 1. The molecule has 0 aliphatic heterocycles. The summed E-state index contributed by atoms with van der Waals surface area (Å²) in [5.74, 6) is 1.06. The standard InChI is InChI=1S/C14H26N2O/c1-5-13(6-2)16(4)10-14-8-12(11-17-14)9-15-7-3/h8,11,13,15H,5-7,9-10H2,1-4H3. The molecule has 1 N–H and O–H groups in total. The second kappa shape index (κ2) is 7.51. The second-order valence-electron chi connectivity index (χ2n) is 4.59. The van der Waals surface area contributed by atoms with E-state index in [0.717, 1.165) is 25.4 Å². The zero-order valence-corrected chi connectivity index (χ0v) is 11.6. The van der Waals surface area contributed by atoms with Crippen LogP contribution < -0.4 is 5.32 Å². The Bertz CT molecular complexity index is 305. The highest BCUT2D eigenvalue weighted by Gasteiger charge is 2.12. The molecule has 0 bridgehead atoms. The molecule has 1 aromatic heterocycles. The smallest absolute Gasteiger partial charge is 0.118 e. The summed E-state index contributed by atoms with van der Waals surface area (Å²) in [6.07, 6.45) is 4.24. The van der Waals surface area contributed by atoms with Gasteiger partial charge in [0.1, 0.15) is 5.76 Å². The van der Waals surface area contributed by atoms with Crippen molar-refractivity contribution in [3.8, 4) is 0 Å². The number of nitrogens with one attached hydrogen (secondary N) is 1. The van der Waals surface area contributed by atoms with E-state index < -0.39 is 0 Å². The highest BCUT2D eigenvalue weighted by atomic mass is 16.3. The van der Waals surface area contributed by atoms with Crippen LogP contribution in [0.2, 0.25) is 0 Å². The molecule has 1 aromatic rings. The lowest BCUT2D eigenvalue weighted by molar-refractivity contribution is 0.206. The van der Waals surface area contributed by atoms with E-state index in [1.807, 2.05) is 6.26 Å². The van der Waals surface area contributed by atoms with Gasteiger partial charge in [-0.15, -0.1) is 0 Å². The number of rotatable bonds is 8. The first-order chi connectivity index (χ1) is 8.21. The van der Waals surface area contributed by atoms with E-state index in [1.165, 1.54) is 18.4 Å². The van der Waals surface area contributed by atoms with Gasteiger partial charge in [-0.2, -0.15) is 0 Å². The fourth-order valence-corrected chi connectivity index (χ4v) is 2.16. The lowest BCUT2D eigenvalue weighted by atomic mass is 10.1. The zero-order valence-electron chi connectivity index (χ0n) is 11.6. The summed E-state index contributed by atoms with van der Waals surface area (Å²) in [7, 11) is 2.17. The minimum atomic E-state index is 0.650. The van der Waals surface area contributed by atoms with E-state index in [1.54, 1.807) is 0 Å². The van der Waals surface area contributed by atoms with Gasteiger partial charge >= 0.3 is 0 Å². The lowest BCUT2D eigenvalue weighted by Crippen LogP contribution is -2.29. The Labute approximate surface area is 105 Å². The molecule has 1 heterocycles. The van der Waals surface area contributed by atoms with Crippen LogP contribution in [0.5, 0.6) is 0 Å². The molecule has 0 spiro atoms. The van der Waals surface area contributed by atoms with E-state index in [0.29, 0.717) is 6.04 Å². The van der Waals surface area contributed by atoms with Gasteiger partial charge in [0.15, 0.2) is 0 Å². The number of nitrogens with zero attached hydrogens (tertiary/aromatic N) is 1. The Kier molecular flexibility index (Phi) is 6.30. The highest BCUT2D eigenvalue weighted by Crippen LogP contribution is 2.14. The van der Waals surface area contributed by atoms with Gasteiger partial charge in [0.05, 0.1) is 12.8 Å². The summed E-state index contributed by atoms with van der Waals surface area (Å²) in [4.78, 5) is 2.37. The van der Waals surface area contributed by atoms with Gasteiger partial charge in [-0.25, -0.2) is 0 Å². The summed E-state index contributed by atoms with van der Waals surface area (Å²) < 4.78 is 5.59. The Morgan fingerprint density at radius 2 is 2.00 bits per heavy atom. The molecule has 0 saturated carbocycles. The SMILES string of the molecule is CCNCc1coc(CN(C)C(CC)CC)c1. The van der Waals surface area contributed by atoms with Crippen molar-refractivity contribution in [2.45, 2.75) is 52.7 Å². The molecule has 17 heavy (non-hydrogen) atoms. The van der Waals surface area contributed by atoms with E-state index in [4.69, 9.17) is 4.42 Å². The average molecular weight is 238 g/mol. The van der Waals surface area contributed by atoms with Crippen LogP contribution in [0.4, 0.5) is 0 Å². The van der Waals surface area contributed by atoms with Crippen molar-refractivity contribution in [1.82, 2.24) is 10.2 Å². The first kappa shape index (κ1) is 14.3. The molecule has 0 aromatic carbocycles. The molecule has 3 heteroatoms. The van der Waals surface area contributed by atoms with Crippen molar-refractivity contribution in [1.29, 1.82) is 0 Å². The van der Waals surface area contributed by atoms with Gasteiger partial charge in [0.2, 0.25) is 0 Å². The van der Waals surface area contributed by atoms with Crippen molar-refractivity contribution in [3.63, 3.8) is 0 Å². The Morgan fingerprint density at radius 1 is 1.29 bits per heavy atom. The number of hydrogen-bond acceptors (Lipinski definition) is 3. The van der Waals surface area contributed by atoms with Crippen LogP contribution in [0.25, 0.3) is 0 Å². The Balaban J connectivity index is 2.47. The predicted octanol–water partition coefficient (Wildman–Crippen LogP) is 3.01. The first-order valence-corrected chi connectivity index (χ1v) is 6.68. The van der Waals surface area contributed by atoms with E-state index >= 15 is 0 Å². The van der Waals surface area contributed by atoms with Gasteiger partial charge in [0, 0.05) is 18.2 Å². The van der Waals surface area contributed by atoms with Crippen LogP contribution in [0, 0.1) is 0 Å². The molecule has 3 nitrogen and oxygen atoms in total. The summed E-state index contributed by atoms with van der Waals surface area (Å²) in [6.45, 7) is 9.38. The third-order valence-corrected chi connectivity index (χ3v) is 3.26. The molecule has 0 aliphatic carbocycles. The monoisotopic (exact) mass is 238 g/mol. The topological polar surface area (TPSA) is 28.4 Å². The van der Waals surface area contributed by atoms with Crippen LogP contribution in [-0.4, -0.2) is 24.5 Å². The van der Waals surface area contributed by atoms with Crippen molar-refractivity contribution in [2.24, 2.45) is 0 Å². The first-order valence-electron chi connectivity index (χ1n) is 6.68. The quantitative estimate of drug-likeness (QED) is 0.754. The summed E-state index contributed by atoms with van der Waals surface area (Å²) >= 11 is 0. The fourth-order valence-electron chi connectivity index (χ4n) is 2.16. The van der Waals surface area contributed by atoms with Crippen LogP contribution in [0.15, 0.2) is 16.7 Å². The minimum Gasteiger partial charge on any atom is -0.468 e. The van der Waals surface area contributed by atoms with Crippen molar-refractivity contribution in [3.05, 3.63) is 23.7 Å². The molecular weight excluding hydrogens is 212 g/mol. The molecule has 0 fully saturated rings. The van der Waals surface area contributed by atoms with Crippen LogP contribution in [0.3, 0.4) is 0 Å². The third kappa shape index (κ3) is 4.52. The maximum absolute atomic E-state index is 5.59. The minimum absolute atomic E-state index is 0.650. The van der Waals surface area contributed by atoms with E-state index in [-0.39, 0.29) is 0 Å². The van der Waals surface area contributed by atoms with Crippen LogP contribution >= 0.6 is 0 Å². The normalized spacial score (nSPS) is 11.6. The van der Waals surface area contributed by atoms with E-state index in [2.05, 4.69) is 44.1 Å². The molecule has 0 unspecified atom stereocenters. The predicted molar refractivity (Wildman–Crippen MR) is 71.9 cm³/mol. The molecule has 0 aliphatic rings. The molecule has 0 amide bonds. The average Bonchev–Trinajstić information content (AvgIpc) is 2.75. The molecule has 0 radical (unpaired) electrons. The molecule has 0 saturated heterocycles.